The molecule has 168 valence electrons. The Morgan fingerprint density at radius 2 is 1.55 bits per heavy atom. The maximum atomic E-state index is 13.9. The van der Waals surface area contributed by atoms with Crippen molar-refractivity contribution in [1.29, 1.82) is 0 Å². The molecule has 0 unspecified atom stereocenters. The Balaban J connectivity index is 1.55. The third kappa shape index (κ3) is 3.39. The summed E-state index contributed by atoms with van der Waals surface area (Å²) in [5, 5.41) is 21.0. The van der Waals surface area contributed by atoms with Gasteiger partial charge in [0.15, 0.2) is 0 Å². The van der Waals surface area contributed by atoms with Crippen molar-refractivity contribution in [2.24, 2.45) is 46.3 Å². The predicted molar refractivity (Wildman–Crippen MR) is 112 cm³/mol. The highest BCUT2D eigenvalue weighted by Gasteiger charge is 2.62. The highest BCUT2D eigenvalue weighted by Crippen LogP contribution is 2.69. The molecule has 4 rings (SSSR count). The van der Waals surface area contributed by atoms with Crippen molar-refractivity contribution in [2.45, 2.75) is 110 Å². The van der Waals surface area contributed by atoms with Gasteiger partial charge in [-0.05, 0) is 111 Å². The summed E-state index contributed by atoms with van der Waals surface area (Å²) in [4.78, 5) is 0. The third-order valence-corrected chi connectivity index (χ3v) is 10.7. The van der Waals surface area contributed by atoms with E-state index in [1.54, 1.807) is 0 Å². The first-order chi connectivity index (χ1) is 13.3. The van der Waals surface area contributed by atoms with Crippen LogP contribution in [0.25, 0.3) is 0 Å². The largest absolute Gasteiger partial charge is 0.390 e. The first-order valence-electron chi connectivity index (χ1n) is 12.1. The van der Waals surface area contributed by atoms with E-state index < -0.39 is 17.6 Å². The van der Waals surface area contributed by atoms with Crippen LogP contribution in [0.5, 0.6) is 0 Å². The van der Waals surface area contributed by atoms with Gasteiger partial charge in [-0.3, -0.25) is 0 Å². The molecule has 4 saturated carbocycles. The second-order valence-corrected chi connectivity index (χ2v) is 12.3. The SMILES string of the molecule is C[C@H]([C@@H](O)C(C)(F)F)[C@H]1CC[C@H]2[C@@H]3CC[C@@H]4C[C@@](C)(O)CC[C@]4(C)[C@H]3CC[C@]12C. The molecule has 0 spiro atoms. The number of rotatable bonds is 3. The molecule has 4 fully saturated rings. The van der Waals surface area contributed by atoms with Crippen LogP contribution in [0, 0.1) is 46.3 Å². The topological polar surface area (TPSA) is 40.5 Å². The molecule has 0 heterocycles. The van der Waals surface area contributed by atoms with Crippen molar-refractivity contribution < 1.29 is 19.0 Å². The summed E-state index contributed by atoms with van der Waals surface area (Å²) in [6.45, 7) is 9.56. The Morgan fingerprint density at radius 1 is 0.897 bits per heavy atom. The molecule has 0 saturated heterocycles. The van der Waals surface area contributed by atoms with E-state index in [1.165, 1.54) is 19.3 Å². The summed E-state index contributed by atoms with van der Waals surface area (Å²) in [5.74, 6) is -0.586. The minimum absolute atomic E-state index is 0.0795. The van der Waals surface area contributed by atoms with Crippen LogP contribution in [-0.4, -0.2) is 27.8 Å². The smallest absolute Gasteiger partial charge is 0.270 e. The van der Waals surface area contributed by atoms with Gasteiger partial charge in [0.25, 0.3) is 5.92 Å². The van der Waals surface area contributed by atoms with Gasteiger partial charge in [0.2, 0.25) is 0 Å². The standard InChI is InChI=1S/C25H42F2O2/c1-15(21(28)25(5,26)27)18-8-9-19-17-7-6-16-14-22(2,29)12-13-23(16,3)20(17)10-11-24(18,19)4/h15-21,28-29H,6-14H2,1-5H3/t15-,16+,17-,18+,19-,20-,21+,22-,23-,24+/m0/s1. The predicted octanol–water partition coefficient (Wildman–Crippen LogP) is 6.05. The van der Waals surface area contributed by atoms with Crippen LogP contribution in [0.3, 0.4) is 0 Å². The number of halogens is 2. The molecule has 4 aliphatic carbocycles. The van der Waals surface area contributed by atoms with Crippen LogP contribution in [0.4, 0.5) is 8.78 Å². The summed E-state index contributed by atoms with van der Waals surface area (Å²) in [7, 11) is 0. The molecule has 29 heavy (non-hydrogen) atoms. The number of hydrogen-bond acceptors (Lipinski definition) is 2. The van der Waals surface area contributed by atoms with Gasteiger partial charge in [-0.1, -0.05) is 20.8 Å². The van der Waals surface area contributed by atoms with Gasteiger partial charge < -0.3 is 10.2 Å². The Bertz CT molecular complexity index is 629. The Labute approximate surface area is 175 Å². The van der Waals surface area contributed by atoms with Crippen molar-refractivity contribution in [3.05, 3.63) is 0 Å². The minimum atomic E-state index is -3.03. The molecule has 2 N–H and O–H groups in total. The molecule has 2 nitrogen and oxygen atoms in total. The van der Waals surface area contributed by atoms with Crippen LogP contribution in [0.2, 0.25) is 0 Å². The zero-order valence-corrected chi connectivity index (χ0v) is 19.1. The molecule has 0 aromatic carbocycles. The van der Waals surface area contributed by atoms with Gasteiger partial charge in [-0.2, -0.15) is 0 Å². The molecular weight excluding hydrogens is 370 g/mol. The monoisotopic (exact) mass is 412 g/mol. The molecule has 0 amide bonds. The van der Waals surface area contributed by atoms with Gasteiger partial charge in [0.05, 0.1) is 5.60 Å². The van der Waals surface area contributed by atoms with E-state index in [-0.39, 0.29) is 17.3 Å². The second kappa shape index (κ2) is 6.89. The molecule has 0 radical (unpaired) electrons. The van der Waals surface area contributed by atoms with Crippen molar-refractivity contribution in [3.63, 3.8) is 0 Å². The maximum absolute atomic E-state index is 13.9. The lowest BCUT2D eigenvalue weighted by Gasteiger charge is -2.62. The Morgan fingerprint density at radius 3 is 2.21 bits per heavy atom. The molecule has 4 aliphatic rings. The lowest BCUT2D eigenvalue weighted by molar-refractivity contribution is -0.160. The van der Waals surface area contributed by atoms with Crippen molar-refractivity contribution in [3.8, 4) is 0 Å². The second-order valence-electron chi connectivity index (χ2n) is 12.3. The van der Waals surface area contributed by atoms with Crippen molar-refractivity contribution in [1.82, 2.24) is 0 Å². The zero-order valence-electron chi connectivity index (χ0n) is 19.1. The Kier molecular flexibility index (Phi) is 5.22. The van der Waals surface area contributed by atoms with Gasteiger partial charge >= 0.3 is 0 Å². The zero-order chi connectivity index (χ0) is 21.4. The van der Waals surface area contributed by atoms with Crippen LogP contribution in [0.1, 0.15) is 92.4 Å². The van der Waals surface area contributed by atoms with Gasteiger partial charge in [0.1, 0.15) is 6.10 Å². The van der Waals surface area contributed by atoms with Crippen molar-refractivity contribution >= 4 is 0 Å². The lowest BCUT2D eigenvalue weighted by atomic mass is 9.43. The summed E-state index contributed by atoms with van der Waals surface area (Å²) in [6.07, 6.45) is 8.26. The molecule has 0 aliphatic heterocycles. The van der Waals surface area contributed by atoms with E-state index in [2.05, 4.69) is 13.8 Å². The molecule has 0 bridgehead atoms. The summed E-state index contributed by atoms with van der Waals surface area (Å²) >= 11 is 0. The van der Waals surface area contributed by atoms with Crippen LogP contribution < -0.4 is 0 Å². The third-order valence-electron chi connectivity index (χ3n) is 10.7. The van der Waals surface area contributed by atoms with Crippen LogP contribution in [-0.2, 0) is 0 Å². The van der Waals surface area contributed by atoms with E-state index >= 15 is 0 Å². The fraction of sp³-hybridized carbons (Fsp3) is 1.00. The van der Waals surface area contributed by atoms with Gasteiger partial charge in [-0.15, -0.1) is 0 Å². The quantitative estimate of drug-likeness (QED) is 0.592. The van der Waals surface area contributed by atoms with Gasteiger partial charge in [-0.25, -0.2) is 8.78 Å². The van der Waals surface area contributed by atoms with Crippen molar-refractivity contribution in [2.75, 3.05) is 0 Å². The molecule has 0 aromatic rings. The first-order valence-corrected chi connectivity index (χ1v) is 12.1. The highest BCUT2D eigenvalue weighted by atomic mass is 19.3. The minimum Gasteiger partial charge on any atom is -0.390 e. The number of alkyl halides is 2. The van der Waals surface area contributed by atoms with E-state index in [0.717, 1.165) is 45.4 Å². The van der Waals surface area contributed by atoms with E-state index in [1.807, 2.05) is 13.8 Å². The number of aliphatic hydroxyl groups is 2. The normalized spacial score (nSPS) is 52.2. The van der Waals surface area contributed by atoms with Crippen LogP contribution >= 0.6 is 0 Å². The first kappa shape index (κ1) is 22.0. The number of fused-ring (bicyclic) bond motifs is 5. The molecule has 0 aromatic heterocycles. The average Bonchev–Trinajstić information content (AvgIpc) is 2.97. The van der Waals surface area contributed by atoms with E-state index in [9.17, 15) is 19.0 Å². The molecule has 4 heteroatoms. The fourth-order valence-electron chi connectivity index (χ4n) is 9.02. The Hall–Kier alpha value is -0.220. The summed E-state index contributed by atoms with van der Waals surface area (Å²) < 4.78 is 27.7. The summed E-state index contributed by atoms with van der Waals surface area (Å²) in [6, 6.07) is 0. The fourth-order valence-corrected chi connectivity index (χ4v) is 9.02. The molecule has 10 atom stereocenters. The lowest BCUT2D eigenvalue weighted by Crippen LogP contribution is -2.56. The van der Waals surface area contributed by atoms with E-state index in [4.69, 9.17) is 0 Å². The summed E-state index contributed by atoms with van der Waals surface area (Å²) in [5.41, 5.74) is -0.0993. The van der Waals surface area contributed by atoms with Crippen LogP contribution in [0.15, 0.2) is 0 Å². The van der Waals surface area contributed by atoms with Gasteiger partial charge in [0, 0.05) is 6.92 Å². The van der Waals surface area contributed by atoms with E-state index in [0.29, 0.717) is 29.1 Å². The average molecular weight is 413 g/mol. The number of aliphatic hydroxyl groups excluding tert-OH is 1. The number of hydrogen-bond donors (Lipinski definition) is 2. The maximum Gasteiger partial charge on any atom is 0.270 e. The molecular formula is C25H42F2O2. The highest BCUT2D eigenvalue weighted by molar-refractivity contribution is 5.11.